The Labute approximate surface area is 95.3 Å². The van der Waals surface area contributed by atoms with Crippen LogP contribution < -0.4 is 0 Å². The Bertz CT molecular complexity index is 274. The van der Waals surface area contributed by atoms with Gasteiger partial charge in [-0.1, -0.05) is 37.3 Å². The molecule has 0 aliphatic heterocycles. The van der Waals surface area contributed by atoms with Gasteiger partial charge in [-0.15, -0.1) is 0 Å². The van der Waals surface area contributed by atoms with E-state index in [0.29, 0.717) is 5.75 Å². The average molecular weight is 226 g/mol. The summed E-state index contributed by atoms with van der Waals surface area (Å²) in [7, 11) is 0. The zero-order chi connectivity index (χ0) is 11.3. The zero-order valence-electron chi connectivity index (χ0n) is 9.13. The molecule has 0 saturated heterocycles. The van der Waals surface area contributed by atoms with Gasteiger partial charge in [0, 0.05) is 11.0 Å². The second kappa shape index (κ2) is 6.16. The highest BCUT2D eigenvalue weighted by Gasteiger charge is 2.13. The number of hydrogen-bond donors (Lipinski definition) is 2. The van der Waals surface area contributed by atoms with Crippen LogP contribution in [0.1, 0.15) is 25.5 Å². The minimum absolute atomic E-state index is 0.156. The summed E-state index contributed by atoms with van der Waals surface area (Å²) in [4.78, 5) is 0. The van der Waals surface area contributed by atoms with Crippen LogP contribution in [0.5, 0.6) is 0 Å². The first-order valence-corrected chi connectivity index (χ1v) is 6.19. The van der Waals surface area contributed by atoms with Crippen LogP contribution in [-0.4, -0.2) is 27.3 Å². The molecule has 0 aliphatic carbocycles. The smallest absolute Gasteiger partial charge is 0.0880 e. The normalized spacial score (nSPS) is 17.1. The molecule has 0 fully saturated rings. The maximum Gasteiger partial charge on any atom is 0.0880 e. The van der Waals surface area contributed by atoms with Gasteiger partial charge in [-0.3, -0.25) is 0 Å². The van der Waals surface area contributed by atoms with Crippen LogP contribution in [0, 0.1) is 0 Å². The summed E-state index contributed by atoms with van der Waals surface area (Å²) in [6, 6.07) is 9.60. The topological polar surface area (TPSA) is 40.5 Å². The summed E-state index contributed by atoms with van der Waals surface area (Å²) in [5.74, 6) is 0.621. The largest absolute Gasteiger partial charge is 0.392 e. The predicted octanol–water partition coefficient (Wildman–Crippen LogP) is 2.22. The lowest BCUT2D eigenvalue weighted by molar-refractivity contribution is 0.192. The molecule has 1 aromatic carbocycles. The zero-order valence-corrected chi connectivity index (χ0v) is 9.95. The highest BCUT2D eigenvalue weighted by molar-refractivity contribution is 7.99. The molecule has 3 heteroatoms. The van der Waals surface area contributed by atoms with E-state index in [1.807, 2.05) is 37.3 Å². The lowest BCUT2D eigenvalue weighted by Crippen LogP contribution is -2.17. The van der Waals surface area contributed by atoms with Gasteiger partial charge in [0.05, 0.1) is 12.2 Å². The van der Waals surface area contributed by atoms with Crippen LogP contribution in [-0.2, 0) is 0 Å². The monoisotopic (exact) mass is 226 g/mol. The van der Waals surface area contributed by atoms with Crippen molar-refractivity contribution in [3.63, 3.8) is 0 Å². The Kier molecular flexibility index (Phi) is 5.15. The fourth-order valence-electron chi connectivity index (χ4n) is 1.15. The van der Waals surface area contributed by atoms with Crippen LogP contribution in [0.25, 0.3) is 0 Å². The maximum atomic E-state index is 9.85. The summed E-state index contributed by atoms with van der Waals surface area (Å²) in [5, 5.41) is 19.3. The van der Waals surface area contributed by atoms with E-state index in [1.165, 1.54) is 0 Å². The van der Waals surface area contributed by atoms with Crippen LogP contribution in [0.2, 0.25) is 0 Å². The van der Waals surface area contributed by atoms with Gasteiger partial charge < -0.3 is 10.2 Å². The molecule has 84 valence electrons. The Hall–Kier alpha value is -0.510. The fourth-order valence-corrected chi connectivity index (χ4v) is 2.11. The molecule has 1 rings (SSSR count). The number of aliphatic hydroxyl groups is 2. The molecule has 15 heavy (non-hydrogen) atoms. The second-order valence-electron chi connectivity index (χ2n) is 3.71. The third-order valence-electron chi connectivity index (χ3n) is 2.38. The molecular formula is C12H18O2S. The van der Waals surface area contributed by atoms with Gasteiger partial charge in [-0.05, 0) is 12.5 Å². The van der Waals surface area contributed by atoms with Crippen molar-refractivity contribution in [2.24, 2.45) is 0 Å². The Morgan fingerprint density at radius 3 is 2.27 bits per heavy atom. The van der Waals surface area contributed by atoms with Crippen LogP contribution in [0.4, 0.5) is 0 Å². The average Bonchev–Trinajstić information content (AvgIpc) is 2.26. The quantitative estimate of drug-likeness (QED) is 0.809. The fraction of sp³-hybridized carbons (Fsp3) is 0.500. The van der Waals surface area contributed by atoms with Crippen molar-refractivity contribution in [2.75, 3.05) is 5.75 Å². The Morgan fingerprint density at radius 2 is 1.73 bits per heavy atom. The number of benzene rings is 1. The van der Waals surface area contributed by atoms with Gasteiger partial charge >= 0.3 is 0 Å². The highest BCUT2D eigenvalue weighted by atomic mass is 32.2. The first kappa shape index (κ1) is 12.6. The molecule has 3 unspecified atom stereocenters. The van der Waals surface area contributed by atoms with Crippen molar-refractivity contribution in [3.05, 3.63) is 35.9 Å². The minimum Gasteiger partial charge on any atom is -0.392 e. The summed E-state index contributed by atoms with van der Waals surface area (Å²) < 4.78 is 0. The molecule has 2 N–H and O–H groups in total. The molecular weight excluding hydrogens is 208 g/mol. The highest BCUT2D eigenvalue weighted by Crippen LogP contribution is 2.22. The van der Waals surface area contributed by atoms with Gasteiger partial charge in [-0.25, -0.2) is 0 Å². The first-order chi connectivity index (χ1) is 7.11. The van der Waals surface area contributed by atoms with Gasteiger partial charge in [0.25, 0.3) is 0 Å². The van der Waals surface area contributed by atoms with Gasteiger partial charge in [0.2, 0.25) is 0 Å². The molecule has 3 atom stereocenters. The minimum atomic E-state index is -0.447. The van der Waals surface area contributed by atoms with E-state index in [0.717, 1.165) is 5.56 Å². The Balaban J connectivity index is 2.40. The number of aliphatic hydroxyl groups excluding tert-OH is 2. The predicted molar refractivity (Wildman–Crippen MR) is 65.0 cm³/mol. The SMILES string of the molecule is CC(O)C(C)SCC(O)c1ccccc1. The molecule has 0 aromatic heterocycles. The van der Waals surface area contributed by atoms with E-state index < -0.39 is 6.10 Å². The third kappa shape index (κ3) is 4.24. The molecule has 0 amide bonds. The van der Waals surface area contributed by atoms with E-state index in [9.17, 15) is 10.2 Å². The summed E-state index contributed by atoms with van der Waals surface area (Å²) in [5.41, 5.74) is 0.933. The number of thioether (sulfide) groups is 1. The third-order valence-corrected chi connectivity index (χ3v) is 3.81. The number of hydrogen-bond acceptors (Lipinski definition) is 3. The van der Waals surface area contributed by atoms with Crippen molar-refractivity contribution in [2.45, 2.75) is 31.3 Å². The van der Waals surface area contributed by atoms with E-state index in [-0.39, 0.29) is 11.4 Å². The molecule has 0 heterocycles. The van der Waals surface area contributed by atoms with E-state index >= 15 is 0 Å². The van der Waals surface area contributed by atoms with E-state index in [4.69, 9.17) is 0 Å². The Morgan fingerprint density at radius 1 is 1.13 bits per heavy atom. The van der Waals surface area contributed by atoms with Crippen LogP contribution in [0.3, 0.4) is 0 Å². The summed E-state index contributed by atoms with van der Waals surface area (Å²) >= 11 is 1.59. The van der Waals surface area contributed by atoms with Crippen molar-refractivity contribution in [1.29, 1.82) is 0 Å². The summed E-state index contributed by atoms with van der Waals surface area (Å²) in [6.45, 7) is 3.74. The van der Waals surface area contributed by atoms with Crippen LogP contribution >= 0.6 is 11.8 Å². The van der Waals surface area contributed by atoms with E-state index in [1.54, 1.807) is 18.7 Å². The van der Waals surface area contributed by atoms with Gasteiger partial charge in [-0.2, -0.15) is 11.8 Å². The van der Waals surface area contributed by atoms with Crippen molar-refractivity contribution >= 4 is 11.8 Å². The van der Waals surface area contributed by atoms with Crippen molar-refractivity contribution in [3.8, 4) is 0 Å². The van der Waals surface area contributed by atoms with Gasteiger partial charge in [0.1, 0.15) is 0 Å². The standard InChI is InChI=1S/C12H18O2S/c1-9(13)10(2)15-8-12(14)11-6-4-3-5-7-11/h3-7,9-10,12-14H,8H2,1-2H3. The lowest BCUT2D eigenvalue weighted by atomic mass is 10.1. The van der Waals surface area contributed by atoms with Crippen molar-refractivity contribution < 1.29 is 10.2 Å². The second-order valence-corrected chi connectivity index (χ2v) is 5.12. The molecule has 1 aromatic rings. The number of rotatable bonds is 5. The molecule has 0 aliphatic rings. The maximum absolute atomic E-state index is 9.85. The molecule has 0 saturated carbocycles. The molecule has 0 spiro atoms. The van der Waals surface area contributed by atoms with Gasteiger partial charge in [0.15, 0.2) is 0 Å². The van der Waals surface area contributed by atoms with E-state index in [2.05, 4.69) is 0 Å². The van der Waals surface area contributed by atoms with Crippen LogP contribution in [0.15, 0.2) is 30.3 Å². The van der Waals surface area contributed by atoms with Crippen molar-refractivity contribution in [1.82, 2.24) is 0 Å². The molecule has 0 bridgehead atoms. The molecule has 0 radical (unpaired) electrons. The first-order valence-electron chi connectivity index (χ1n) is 5.14. The lowest BCUT2D eigenvalue weighted by Gasteiger charge is -2.16. The molecule has 2 nitrogen and oxygen atoms in total. The summed E-state index contributed by atoms with van der Waals surface area (Å²) in [6.07, 6.45) is -0.782.